The van der Waals surface area contributed by atoms with E-state index in [2.05, 4.69) is 4.98 Å². The molecule has 2 heterocycles. The molecule has 0 saturated carbocycles. The number of esters is 1. The summed E-state index contributed by atoms with van der Waals surface area (Å²) >= 11 is 0. The molecule has 0 aliphatic rings. The highest BCUT2D eigenvalue weighted by Crippen LogP contribution is 2.10. The summed E-state index contributed by atoms with van der Waals surface area (Å²) in [5.41, 5.74) is 2.72. The van der Waals surface area contributed by atoms with Crippen molar-refractivity contribution in [1.82, 2.24) is 9.38 Å². The number of pyridine rings is 1. The zero-order valence-corrected chi connectivity index (χ0v) is 10.3. The fourth-order valence-corrected chi connectivity index (χ4v) is 1.74. The molecule has 0 amide bonds. The fraction of sp³-hybridized carbons (Fsp3) is 0.385. The third-order valence-electron chi connectivity index (χ3n) is 2.42. The molecular formula is C13H16N2O2. The van der Waals surface area contributed by atoms with E-state index in [0.29, 0.717) is 0 Å². The van der Waals surface area contributed by atoms with Crippen molar-refractivity contribution in [3.63, 3.8) is 0 Å². The third-order valence-corrected chi connectivity index (χ3v) is 2.42. The van der Waals surface area contributed by atoms with Crippen molar-refractivity contribution in [2.24, 2.45) is 0 Å². The lowest BCUT2D eigenvalue weighted by Gasteiger charge is -2.05. The van der Waals surface area contributed by atoms with Gasteiger partial charge in [0.1, 0.15) is 5.65 Å². The molecule has 0 radical (unpaired) electrons. The molecule has 2 aromatic rings. The first-order chi connectivity index (χ1) is 8.06. The lowest BCUT2D eigenvalue weighted by Crippen LogP contribution is -2.13. The zero-order valence-electron chi connectivity index (χ0n) is 10.3. The Morgan fingerprint density at radius 2 is 2.29 bits per heavy atom. The molecule has 4 heteroatoms. The summed E-state index contributed by atoms with van der Waals surface area (Å²) in [6.45, 7) is 5.68. The largest absolute Gasteiger partial charge is 0.463 e. The average molecular weight is 232 g/mol. The standard InChI is InChI=1S/C13H16N2O2/c1-9(2)17-12(16)7-11-8-15-6-4-5-10(3)13(15)14-11/h4-6,8-9H,7H2,1-3H3. The molecule has 0 aliphatic heterocycles. The monoisotopic (exact) mass is 232 g/mol. The number of fused-ring (bicyclic) bond motifs is 1. The van der Waals surface area contributed by atoms with E-state index in [0.717, 1.165) is 16.9 Å². The molecule has 0 aromatic carbocycles. The van der Waals surface area contributed by atoms with E-state index in [1.165, 1.54) is 0 Å². The number of aryl methyl sites for hydroxylation is 1. The quantitative estimate of drug-likeness (QED) is 0.761. The summed E-state index contributed by atoms with van der Waals surface area (Å²) < 4.78 is 7.02. The van der Waals surface area contributed by atoms with E-state index in [-0.39, 0.29) is 18.5 Å². The van der Waals surface area contributed by atoms with Crippen LogP contribution in [0.15, 0.2) is 24.5 Å². The highest BCUT2D eigenvalue weighted by atomic mass is 16.5. The van der Waals surface area contributed by atoms with Crippen molar-refractivity contribution in [1.29, 1.82) is 0 Å². The number of nitrogens with zero attached hydrogens (tertiary/aromatic N) is 2. The molecule has 90 valence electrons. The van der Waals surface area contributed by atoms with Gasteiger partial charge in [-0.25, -0.2) is 4.98 Å². The van der Waals surface area contributed by atoms with Gasteiger partial charge in [-0.3, -0.25) is 4.79 Å². The number of carbonyl (C=O) groups is 1. The second kappa shape index (κ2) is 4.57. The molecule has 2 rings (SSSR count). The lowest BCUT2D eigenvalue weighted by atomic mass is 10.3. The maximum Gasteiger partial charge on any atom is 0.312 e. The molecule has 0 saturated heterocycles. The van der Waals surface area contributed by atoms with Gasteiger partial charge in [0, 0.05) is 12.4 Å². The molecule has 0 N–H and O–H groups in total. The molecule has 0 unspecified atom stereocenters. The number of aromatic nitrogens is 2. The van der Waals surface area contributed by atoms with Gasteiger partial charge in [0.15, 0.2) is 0 Å². The van der Waals surface area contributed by atoms with Crippen LogP contribution in [0.3, 0.4) is 0 Å². The Kier molecular flexibility index (Phi) is 3.13. The van der Waals surface area contributed by atoms with Crippen molar-refractivity contribution >= 4 is 11.6 Å². The molecule has 0 bridgehead atoms. The topological polar surface area (TPSA) is 43.6 Å². The Morgan fingerprint density at radius 3 is 2.94 bits per heavy atom. The van der Waals surface area contributed by atoms with Crippen LogP contribution in [0.4, 0.5) is 0 Å². The number of imidazole rings is 1. The van der Waals surface area contributed by atoms with Crippen molar-refractivity contribution in [2.45, 2.75) is 33.3 Å². The number of ether oxygens (including phenoxy) is 1. The van der Waals surface area contributed by atoms with Crippen LogP contribution in [-0.2, 0) is 16.0 Å². The van der Waals surface area contributed by atoms with E-state index < -0.39 is 0 Å². The summed E-state index contributed by atoms with van der Waals surface area (Å²) in [4.78, 5) is 15.9. The number of rotatable bonds is 3. The second-order valence-electron chi connectivity index (χ2n) is 4.37. The van der Waals surface area contributed by atoms with E-state index in [1.54, 1.807) is 0 Å². The van der Waals surface area contributed by atoms with Gasteiger partial charge in [0.05, 0.1) is 18.2 Å². The smallest absolute Gasteiger partial charge is 0.312 e. The lowest BCUT2D eigenvalue weighted by molar-refractivity contribution is -0.146. The number of hydrogen-bond acceptors (Lipinski definition) is 3. The van der Waals surface area contributed by atoms with Crippen LogP contribution in [0.1, 0.15) is 25.1 Å². The summed E-state index contributed by atoms with van der Waals surface area (Å²) in [5.74, 6) is -0.235. The maximum atomic E-state index is 11.5. The Hall–Kier alpha value is -1.84. The van der Waals surface area contributed by atoms with Crippen molar-refractivity contribution in [3.8, 4) is 0 Å². The van der Waals surface area contributed by atoms with E-state index in [1.807, 2.05) is 49.7 Å². The Balaban J connectivity index is 2.20. The first kappa shape index (κ1) is 11.6. The predicted molar refractivity (Wildman–Crippen MR) is 64.9 cm³/mol. The fourth-order valence-electron chi connectivity index (χ4n) is 1.74. The molecule has 0 aliphatic carbocycles. The van der Waals surface area contributed by atoms with Gasteiger partial charge in [0.25, 0.3) is 0 Å². The van der Waals surface area contributed by atoms with Crippen LogP contribution in [0, 0.1) is 6.92 Å². The number of hydrogen-bond donors (Lipinski definition) is 0. The summed E-state index contributed by atoms with van der Waals surface area (Å²) in [5, 5.41) is 0. The third kappa shape index (κ3) is 2.64. The van der Waals surface area contributed by atoms with Crippen LogP contribution in [0.5, 0.6) is 0 Å². The van der Waals surface area contributed by atoms with E-state index >= 15 is 0 Å². The summed E-state index contributed by atoms with van der Waals surface area (Å²) in [7, 11) is 0. The van der Waals surface area contributed by atoms with Crippen LogP contribution in [0.2, 0.25) is 0 Å². The normalized spacial score (nSPS) is 11.1. The highest BCUT2D eigenvalue weighted by molar-refractivity contribution is 5.72. The van der Waals surface area contributed by atoms with Crippen LogP contribution >= 0.6 is 0 Å². The minimum absolute atomic E-state index is 0.0822. The van der Waals surface area contributed by atoms with Gasteiger partial charge in [0.2, 0.25) is 0 Å². The molecule has 0 atom stereocenters. The average Bonchev–Trinajstić information content (AvgIpc) is 2.60. The SMILES string of the molecule is Cc1cccn2cc(CC(=O)OC(C)C)nc12. The van der Waals surface area contributed by atoms with Gasteiger partial charge >= 0.3 is 5.97 Å². The minimum atomic E-state index is -0.235. The van der Waals surface area contributed by atoms with E-state index in [4.69, 9.17) is 4.74 Å². The molecule has 2 aromatic heterocycles. The maximum absolute atomic E-state index is 11.5. The van der Waals surface area contributed by atoms with Gasteiger partial charge < -0.3 is 9.14 Å². The predicted octanol–water partition coefficient (Wildman–Crippen LogP) is 2.14. The van der Waals surface area contributed by atoms with Crippen molar-refractivity contribution in [3.05, 3.63) is 35.8 Å². The first-order valence-electron chi connectivity index (χ1n) is 5.69. The van der Waals surface area contributed by atoms with Crippen molar-refractivity contribution < 1.29 is 9.53 Å². The molecule has 4 nitrogen and oxygen atoms in total. The Labute approximate surface area is 100 Å². The minimum Gasteiger partial charge on any atom is -0.463 e. The van der Waals surface area contributed by atoms with Gasteiger partial charge in [-0.05, 0) is 32.4 Å². The number of carbonyl (C=O) groups excluding carboxylic acids is 1. The van der Waals surface area contributed by atoms with Crippen molar-refractivity contribution in [2.75, 3.05) is 0 Å². The van der Waals surface area contributed by atoms with E-state index in [9.17, 15) is 4.79 Å². The summed E-state index contributed by atoms with van der Waals surface area (Å²) in [6.07, 6.45) is 3.93. The zero-order chi connectivity index (χ0) is 12.4. The Bertz CT molecular complexity index is 543. The Morgan fingerprint density at radius 1 is 1.53 bits per heavy atom. The molecule has 0 fully saturated rings. The molecular weight excluding hydrogens is 216 g/mol. The highest BCUT2D eigenvalue weighted by Gasteiger charge is 2.10. The van der Waals surface area contributed by atoms with Crippen LogP contribution < -0.4 is 0 Å². The van der Waals surface area contributed by atoms with Gasteiger partial charge in [-0.15, -0.1) is 0 Å². The second-order valence-corrected chi connectivity index (χ2v) is 4.37. The van der Waals surface area contributed by atoms with Gasteiger partial charge in [-0.1, -0.05) is 6.07 Å². The summed E-state index contributed by atoms with van der Waals surface area (Å²) in [6, 6.07) is 3.96. The first-order valence-corrected chi connectivity index (χ1v) is 5.69. The van der Waals surface area contributed by atoms with Gasteiger partial charge in [-0.2, -0.15) is 0 Å². The molecule has 17 heavy (non-hydrogen) atoms. The van der Waals surface area contributed by atoms with Crippen LogP contribution in [-0.4, -0.2) is 21.5 Å². The molecule has 0 spiro atoms. The van der Waals surface area contributed by atoms with Crippen LogP contribution in [0.25, 0.3) is 5.65 Å².